The van der Waals surface area contributed by atoms with Crippen molar-refractivity contribution < 1.29 is 42.0 Å². The molecule has 0 radical (unpaired) electrons. The van der Waals surface area contributed by atoms with Gasteiger partial charge in [-0.3, -0.25) is 0 Å². The molecule has 0 aliphatic carbocycles. The molecule has 0 aliphatic rings. The monoisotopic (exact) mass is 288 g/mol. The van der Waals surface area contributed by atoms with E-state index in [1.165, 1.54) is 19.3 Å². The minimum Gasteiger partial charge on any atom is -0.412 e. The highest BCUT2D eigenvalue weighted by molar-refractivity contribution is 4.76. The van der Waals surface area contributed by atoms with Crippen LogP contribution in [-0.4, -0.2) is 40.8 Å². The average molecular weight is 288 g/mol. The molecule has 0 rings (SSSR count). The van der Waals surface area contributed by atoms with E-state index < -0.39 is 18.5 Å². The third-order valence-electron chi connectivity index (χ3n) is 1.70. The number of aliphatic hydroxyl groups excluding tert-OH is 1. The summed E-state index contributed by atoms with van der Waals surface area (Å²) >= 11 is 0. The van der Waals surface area contributed by atoms with Gasteiger partial charge in [-0.25, -0.2) is 8.78 Å². The Hall–Kier alpha value is -0.540. The van der Waals surface area contributed by atoms with Crippen molar-refractivity contribution in [2.45, 2.75) is 51.1 Å². The summed E-state index contributed by atoms with van der Waals surface area (Å²) in [7, 11) is 0. The van der Waals surface area contributed by atoms with Gasteiger partial charge in [0.15, 0.2) is 0 Å². The van der Waals surface area contributed by atoms with Gasteiger partial charge < -0.3 is 15.7 Å². The second-order valence-electron chi connectivity index (χ2n) is 3.26. The molecule has 0 aromatic rings. The Morgan fingerprint density at radius 2 is 1.44 bits per heavy atom. The van der Waals surface area contributed by atoms with Crippen LogP contribution in [0.1, 0.15) is 32.6 Å². The molecule has 9 heteroatoms. The van der Waals surface area contributed by atoms with Gasteiger partial charge >= 0.3 is 18.5 Å². The van der Waals surface area contributed by atoms with Gasteiger partial charge in [0.05, 0.1) is 0 Å². The van der Waals surface area contributed by atoms with E-state index in [-0.39, 0.29) is 5.48 Å². The Balaban J connectivity index is -0.000000251. The standard InChI is InChI=1S/C6H14O.C3H2F6O.H2O/c1-2-3-4-5-6-7;4-1(5)2(6,10)3(7,8)9;/h7H,2-6H2,1H3;1,10H;1H2. The molecule has 0 aromatic carbocycles. The topological polar surface area (TPSA) is 72.0 Å². The summed E-state index contributed by atoms with van der Waals surface area (Å²) in [5, 5.41) is 15.7. The first-order chi connectivity index (χ1) is 7.61. The van der Waals surface area contributed by atoms with Crippen LogP contribution in [0.3, 0.4) is 0 Å². The third-order valence-corrected chi connectivity index (χ3v) is 1.70. The lowest BCUT2D eigenvalue weighted by molar-refractivity contribution is -0.352. The highest BCUT2D eigenvalue weighted by Gasteiger charge is 2.62. The van der Waals surface area contributed by atoms with Crippen molar-refractivity contribution in [1.82, 2.24) is 0 Å². The van der Waals surface area contributed by atoms with Gasteiger partial charge in [0.25, 0.3) is 0 Å². The van der Waals surface area contributed by atoms with Gasteiger partial charge in [0, 0.05) is 6.61 Å². The van der Waals surface area contributed by atoms with E-state index in [1.54, 1.807) is 0 Å². The van der Waals surface area contributed by atoms with Crippen LogP contribution in [0.5, 0.6) is 0 Å². The summed E-state index contributed by atoms with van der Waals surface area (Å²) in [6.45, 7) is 2.53. The molecular weight excluding hydrogens is 270 g/mol. The third kappa shape index (κ3) is 9.49. The van der Waals surface area contributed by atoms with E-state index in [2.05, 4.69) is 6.92 Å². The quantitative estimate of drug-likeness (QED) is 0.601. The molecule has 0 bridgehead atoms. The van der Waals surface area contributed by atoms with E-state index in [4.69, 9.17) is 10.2 Å². The SMILES string of the molecule is CCCCCCO.O.OC(F)(C(F)F)C(F)(F)F. The largest absolute Gasteiger partial charge is 0.454 e. The summed E-state index contributed by atoms with van der Waals surface area (Å²) in [6, 6.07) is 0. The smallest absolute Gasteiger partial charge is 0.412 e. The first-order valence-corrected chi connectivity index (χ1v) is 4.98. The molecule has 1 unspecified atom stereocenters. The van der Waals surface area contributed by atoms with Crippen molar-refractivity contribution in [3.8, 4) is 0 Å². The van der Waals surface area contributed by atoms with E-state index >= 15 is 0 Å². The van der Waals surface area contributed by atoms with E-state index in [1.807, 2.05) is 0 Å². The molecule has 0 aromatic heterocycles. The molecule has 1 atom stereocenters. The Labute approximate surface area is 101 Å². The first kappa shape index (κ1) is 22.6. The molecule has 4 N–H and O–H groups in total. The summed E-state index contributed by atoms with van der Waals surface area (Å²) in [5.41, 5.74) is 0. The summed E-state index contributed by atoms with van der Waals surface area (Å²) < 4.78 is 66.3. The van der Waals surface area contributed by atoms with Crippen molar-refractivity contribution in [3.63, 3.8) is 0 Å². The maximum Gasteiger partial charge on any atom is 0.454 e. The molecule has 0 fully saturated rings. The minimum atomic E-state index is -5.94. The number of alkyl halides is 6. The van der Waals surface area contributed by atoms with Crippen LogP contribution in [0.2, 0.25) is 0 Å². The van der Waals surface area contributed by atoms with Crippen molar-refractivity contribution in [2.75, 3.05) is 6.61 Å². The predicted molar refractivity (Wildman–Crippen MR) is 53.0 cm³/mol. The maximum absolute atomic E-state index is 11.4. The first-order valence-electron chi connectivity index (χ1n) is 4.98. The fourth-order valence-electron chi connectivity index (χ4n) is 0.662. The lowest BCUT2D eigenvalue weighted by Gasteiger charge is -2.20. The number of halogens is 6. The molecule has 3 nitrogen and oxygen atoms in total. The number of hydrogen-bond donors (Lipinski definition) is 2. The van der Waals surface area contributed by atoms with Gasteiger partial charge in [-0.1, -0.05) is 26.2 Å². The number of hydrogen-bond acceptors (Lipinski definition) is 2. The van der Waals surface area contributed by atoms with Crippen LogP contribution in [0.25, 0.3) is 0 Å². The van der Waals surface area contributed by atoms with Gasteiger partial charge in [-0.15, -0.1) is 0 Å². The van der Waals surface area contributed by atoms with Gasteiger partial charge in [0.1, 0.15) is 0 Å². The summed E-state index contributed by atoms with van der Waals surface area (Å²) in [4.78, 5) is 0. The molecule has 0 saturated heterocycles. The molecule has 114 valence electrons. The Bertz CT molecular complexity index is 180. The maximum atomic E-state index is 11.4. The molecule has 0 saturated carbocycles. The van der Waals surface area contributed by atoms with Crippen molar-refractivity contribution in [1.29, 1.82) is 0 Å². The fourth-order valence-corrected chi connectivity index (χ4v) is 0.662. The van der Waals surface area contributed by atoms with Crippen molar-refractivity contribution >= 4 is 0 Å². The fraction of sp³-hybridized carbons (Fsp3) is 1.00. The van der Waals surface area contributed by atoms with Gasteiger partial charge in [-0.2, -0.15) is 17.6 Å². The second-order valence-corrected chi connectivity index (χ2v) is 3.26. The van der Waals surface area contributed by atoms with E-state index in [0.717, 1.165) is 6.42 Å². The molecule has 0 spiro atoms. The minimum absolute atomic E-state index is 0. The molecular formula is C9H18F6O3. The average Bonchev–Trinajstić information content (AvgIpc) is 2.17. The predicted octanol–water partition coefficient (Wildman–Crippen LogP) is 2.21. The van der Waals surface area contributed by atoms with E-state index in [9.17, 15) is 26.3 Å². The molecule has 0 amide bonds. The zero-order valence-corrected chi connectivity index (χ0v) is 9.78. The number of aliphatic hydroxyl groups is 2. The Kier molecular flexibility index (Phi) is 13.1. The number of unbranched alkanes of at least 4 members (excludes halogenated alkanes) is 3. The van der Waals surface area contributed by atoms with Crippen LogP contribution in [0, 0.1) is 0 Å². The highest BCUT2D eigenvalue weighted by atomic mass is 19.4. The van der Waals surface area contributed by atoms with Crippen LogP contribution < -0.4 is 0 Å². The molecule has 0 heterocycles. The van der Waals surface area contributed by atoms with Crippen LogP contribution in [0.4, 0.5) is 26.3 Å². The summed E-state index contributed by atoms with van der Waals surface area (Å²) in [6.07, 6.45) is -5.74. The number of rotatable bonds is 5. The zero-order valence-electron chi connectivity index (χ0n) is 9.78. The van der Waals surface area contributed by atoms with Gasteiger partial charge in [0.2, 0.25) is 0 Å². The lowest BCUT2D eigenvalue weighted by atomic mass is 10.2. The van der Waals surface area contributed by atoms with Crippen LogP contribution >= 0.6 is 0 Å². The molecule has 0 aliphatic heterocycles. The Morgan fingerprint density at radius 1 is 1.00 bits per heavy atom. The highest BCUT2D eigenvalue weighted by Crippen LogP contribution is 2.36. The van der Waals surface area contributed by atoms with Crippen LogP contribution in [0.15, 0.2) is 0 Å². The Morgan fingerprint density at radius 3 is 1.61 bits per heavy atom. The zero-order chi connectivity index (χ0) is 14.1. The normalized spacial score (nSPS) is 14.3. The van der Waals surface area contributed by atoms with Crippen molar-refractivity contribution in [2.24, 2.45) is 0 Å². The summed E-state index contributed by atoms with van der Waals surface area (Å²) in [5.74, 6) is -5.40. The van der Waals surface area contributed by atoms with E-state index in [0.29, 0.717) is 6.61 Å². The van der Waals surface area contributed by atoms with Crippen molar-refractivity contribution in [3.05, 3.63) is 0 Å². The molecule has 18 heavy (non-hydrogen) atoms. The van der Waals surface area contributed by atoms with Crippen LogP contribution in [-0.2, 0) is 0 Å². The lowest BCUT2D eigenvalue weighted by Crippen LogP contribution is -2.47. The second kappa shape index (κ2) is 10.4. The van der Waals surface area contributed by atoms with Gasteiger partial charge in [-0.05, 0) is 6.42 Å².